The molecule has 2 aromatic carbocycles. The molecule has 0 aliphatic carbocycles. The number of hydrogen-bond donors (Lipinski definition) is 0. The highest BCUT2D eigenvalue weighted by atomic mass is 35.5. The van der Waals surface area contributed by atoms with Gasteiger partial charge in [0.15, 0.2) is 0 Å². The summed E-state index contributed by atoms with van der Waals surface area (Å²) in [5, 5.41) is 0.543. The highest BCUT2D eigenvalue weighted by molar-refractivity contribution is 6.36. The maximum absolute atomic E-state index is 7.22. The third-order valence-corrected chi connectivity index (χ3v) is 14.2. The topological polar surface area (TPSA) is 155 Å². The molecule has 0 radical (unpaired) electrons. The maximum atomic E-state index is 7.22. The fourth-order valence-corrected chi connectivity index (χ4v) is 10.0. The standard InChI is InChI=1S/C36H23ClN6.C36H24N6/c37-36-25(28-14-8-17-34(42-28)31-11-2-5-20-39-31)22-24(27-13-7-16-33(41-27)30-10-1-4-19-38-30)23-26(36)29-15-9-18-35(43-29)32-12-3-6-21-40-32;1-4-19-37-31(10-1)34-16-7-13-28(40-34)25-22-26(29-14-8-17-35(41-29)32-11-2-5-20-38-32)24-27(23-25)30-15-9-18-36(42-30)33-12-3-6-21-39-33/h1-23H;1-24H. The Morgan fingerprint density at radius 2 is 0.365 bits per heavy atom. The molecule has 0 saturated heterocycles. The van der Waals surface area contributed by atoms with E-state index in [0.29, 0.717) is 5.02 Å². The van der Waals surface area contributed by atoms with E-state index >= 15 is 0 Å². The Hall–Kier alpha value is -11.5. The number of rotatable bonds is 12. The van der Waals surface area contributed by atoms with Crippen LogP contribution in [0.3, 0.4) is 0 Å². The molecule has 0 unspecified atom stereocenters. The lowest BCUT2D eigenvalue weighted by molar-refractivity contribution is 1.24. The van der Waals surface area contributed by atoms with Crippen LogP contribution in [-0.2, 0) is 0 Å². The summed E-state index contributed by atoms with van der Waals surface area (Å²) in [5.41, 5.74) is 19.6. The van der Waals surface area contributed by atoms with Crippen molar-refractivity contribution in [3.05, 3.63) is 291 Å². The normalized spacial score (nSPS) is 10.9. The molecule has 85 heavy (non-hydrogen) atoms. The molecule has 0 amide bonds. The van der Waals surface area contributed by atoms with Gasteiger partial charge in [-0.1, -0.05) is 84.4 Å². The summed E-state index contributed by atoms with van der Waals surface area (Å²) in [7, 11) is 0. The van der Waals surface area contributed by atoms with E-state index in [0.717, 1.165) is 136 Å². The molecule has 14 rings (SSSR count). The number of nitrogens with zero attached hydrogens (tertiary/aromatic N) is 12. The molecule has 0 atom stereocenters. The van der Waals surface area contributed by atoms with E-state index in [1.54, 1.807) is 37.2 Å². The molecule has 0 fully saturated rings. The average Bonchev–Trinajstić information content (AvgIpc) is 3.51. The molecule has 0 bridgehead atoms. The van der Waals surface area contributed by atoms with Gasteiger partial charge in [0.05, 0.1) is 108 Å². The first kappa shape index (κ1) is 52.9. The predicted octanol–water partition coefficient (Wildman–Crippen LogP) is 16.8. The molecule has 0 aliphatic rings. The van der Waals surface area contributed by atoms with Crippen LogP contribution in [0, 0.1) is 0 Å². The second kappa shape index (κ2) is 24.7. The van der Waals surface area contributed by atoms with Crippen LogP contribution in [0.4, 0.5) is 0 Å². The van der Waals surface area contributed by atoms with Gasteiger partial charge in [-0.2, -0.15) is 0 Å². The second-order valence-electron chi connectivity index (χ2n) is 19.4. The molecular formula is C72H47ClN12. The molecule has 14 aromatic rings. The van der Waals surface area contributed by atoms with Crippen molar-refractivity contribution in [3.8, 4) is 136 Å². The molecule has 402 valence electrons. The van der Waals surface area contributed by atoms with Gasteiger partial charge < -0.3 is 0 Å². The zero-order chi connectivity index (χ0) is 57.2. The van der Waals surface area contributed by atoms with Crippen molar-refractivity contribution < 1.29 is 0 Å². The quantitative estimate of drug-likeness (QED) is 0.114. The van der Waals surface area contributed by atoms with E-state index in [1.165, 1.54) is 0 Å². The number of benzene rings is 2. The maximum Gasteiger partial charge on any atom is 0.0893 e. The largest absolute Gasteiger partial charge is 0.255 e. The summed E-state index contributed by atoms with van der Waals surface area (Å²) in [4.78, 5) is 56.8. The third kappa shape index (κ3) is 12.1. The zero-order valence-electron chi connectivity index (χ0n) is 45.4. The van der Waals surface area contributed by atoms with Gasteiger partial charge in [-0.3, -0.25) is 29.9 Å². The molecule has 12 nitrogen and oxygen atoms in total. The van der Waals surface area contributed by atoms with Crippen molar-refractivity contribution in [2.24, 2.45) is 0 Å². The number of aromatic nitrogens is 12. The van der Waals surface area contributed by atoms with Crippen molar-refractivity contribution in [2.75, 3.05) is 0 Å². The lowest BCUT2D eigenvalue weighted by Gasteiger charge is -2.14. The van der Waals surface area contributed by atoms with Crippen LogP contribution in [0.1, 0.15) is 0 Å². The van der Waals surface area contributed by atoms with E-state index in [-0.39, 0.29) is 0 Å². The molecule has 0 N–H and O–H groups in total. The van der Waals surface area contributed by atoms with Gasteiger partial charge in [-0.25, -0.2) is 29.9 Å². The Bertz CT molecular complexity index is 4250. The monoisotopic (exact) mass is 1110 g/mol. The predicted molar refractivity (Wildman–Crippen MR) is 337 cm³/mol. The first-order valence-corrected chi connectivity index (χ1v) is 27.7. The van der Waals surface area contributed by atoms with Crippen LogP contribution in [0.15, 0.2) is 286 Å². The fraction of sp³-hybridized carbons (Fsp3) is 0. The van der Waals surface area contributed by atoms with Gasteiger partial charge in [0.25, 0.3) is 0 Å². The summed E-state index contributed by atoms with van der Waals surface area (Å²) >= 11 is 7.22. The minimum absolute atomic E-state index is 0.543. The van der Waals surface area contributed by atoms with E-state index in [1.807, 2.05) is 231 Å². The van der Waals surface area contributed by atoms with Crippen LogP contribution >= 0.6 is 11.6 Å². The smallest absolute Gasteiger partial charge is 0.0893 e. The fourth-order valence-electron chi connectivity index (χ4n) is 9.71. The summed E-state index contributed by atoms with van der Waals surface area (Å²) in [6, 6.07) is 81.0. The third-order valence-electron chi connectivity index (χ3n) is 13.8. The van der Waals surface area contributed by atoms with Crippen LogP contribution in [0.5, 0.6) is 0 Å². The summed E-state index contributed by atoms with van der Waals surface area (Å²) < 4.78 is 0. The number of hydrogen-bond acceptors (Lipinski definition) is 12. The van der Waals surface area contributed by atoms with Crippen LogP contribution < -0.4 is 0 Å². The SMILES string of the molecule is Clc1c(-c2cccc(-c3ccccn3)n2)cc(-c2cccc(-c3ccccn3)n2)cc1-c1cccc(-c2ccccn2)n1.c1ccc(-c2cccc(-c3cc(-c4cccc(-c5ccccn5)n4)cc(-c4cccc(-c5ccccn5)n4)c3)n2)nc1. The minimum atomic E-state index is 0.543. The van der Waals surface area contributed by atoms with Crippen molar-refractivity contribution in [3.63, 3.8) is 0 Å². The van der Waals surface area contributed by atoms with E-state index < -0.39 is 0 Å². The first-order valence-electron chi connectivity index (χ1n) is 27.3. The molecule has 12 aromatic heterocycles. The summed E-state index contributed by atoms with van der Waals surface area (Å²) in [5.74, 6) is 0. The summed E-state index contributed by atoms with van der Waals surface area (Å²) in [6.45, 7) is 0. The Morgan fingerprint density at radius 1 is 0.176 bits per heavy atom. The van der Waals surface area contributed by atoms with Gasteiger partial charge >= 0.3 is 0 Å². The lowest BCUT2D eigenvalue weighted by atomic mass is 9.98. The highest BCUT2D eigenvalue weighted by Gasteiger charge is 2.19. The first-order chi connectivity index (χ1) is 42.0. The second-order valence-corrected chi connectivity index (χ2v) is 19.8. The van der Waals surface area contributed by atoms with Crippen molar-refractivity contribution in [1.29, 1.82) is 0 Å². The minimum Gasteiger partial charge on any atom is -0.255 e. The highest BCUT2D eigenvalue weighted by Crippen LogP contribution is 2.41. The van der Waals surface area contributed by atoms with Crippen molar-refractivity contribution >= 4 is 11.6 Å². The average molecular weight is 1120 g/mol. The van der Waals surface area contributed by atoms with E-state index in [2.05, 4.69) is 48.1 Å². The van der Waals surface area contributed by atoms with Crippen LogP contribution in [0.2, 0.25) is 5.02 Å². The van der Waals surface area contributed by atoms with Crippen molar-refractivity contribution in [2.45, 2.75) is 0 Å². The zero-order valence-corrected chi connectivity index (χ0v) is 46.1. The van der Waals surface area contributed by atoms with Crippen LogP contribution in [-0.4, -0.2) is 59.8 Å². The molecule has 0 saturated carbocycles. The van der Waals surface area contributed by atoms with E-state index in [4.69, 9.17) is 41.5 Å². The summed E-state index contributed by atoms with van der Waals surface area (Å²) in [6.07, 6.45) is 10.6. The van der Waals surface area contributed by atoms with Crippen molar-refractivity contribution in [1.82, 2.24) is 59.8 Å². The number of halogens is 1. The van der Waals surface area contributed by atoms with Crippen LogP contribution in [0.25, 0.3) is 136 Å². The molecule has 0 spiro atoms. The molecule has 12 heterocycles. The molecule has 13 heteroatoms. The molecule has 0 aliphatic heterocycles. The Labute approximate surface area is 495 Å². The van der Waals surface area contributed by atoms with Gasteiger partial charge in [0, 0.05) is 70.6 Å². The Morgan fingerprint density at radius 3 is 0.588 bits per heavy atom. The number of pyridine rings is 12. The lowest BCUT2D eigenvalue weighted by Crippen LogP contribution is -1.96. The van der Waals surface area contributed by atoms with Gasteiger partial charge in [0.1, 0.15) is 0 Å². The van der Waals surface area contributed by atoms with Gasteiger partial charge in [-0.05, 0) is 176 Å². The van der Waals surface area contributed by atoms with Gasteiger partial charge in [-0.15, -0.1) is 0 Å². The van der Waals surface area contributed by atoms with E-state index in [9.17, 15) is 0 Å². The Balaban J connectivity index is 0.000000158. The Kier molecular flexibility index (Phi) is 15.4. The molecular weight excluding hydrogens is 1070 g/mol. The van der Waals surface area contributed by atoms with Gasteiger partial charge in [0.2, 0.25) is 0 Å².